The van der Waals surface area contributed by atoms with Crippen molar-refractivity contribution < 1.29 is 4.39 Å². The summed E-state index contributed by atoms with van der Waals surface area (Å²) in [5.74, 6) is 0.378. The Morgan fingerprint density at radius 2 is 2.26 bits per heavy atom. The number of halogens is 2. The number of aryl methyl sites for hydroxylation is 1. The summed E-state index contributed by atoms with van der Waals surface area (Å²) in [4.78, 5) is 7.22. The fourth-order valence-electron chi connectivity index (χ4n) is 1.91. The van der Waals surface area contributed by atoms with Gasteiger partial charge in [-0.3, -0.25) is 4.68 Å². The lowest BCUT2D eigenvalue weighted by Gasteiger charge is -2.02. The molecule has 0 aliphatic heterocycles. The van der Waals surface area contributed by atoms with E-state index < -0.39 is 0 Å². The molecular weight excluding hydrogens is 380 g/mol. The summed E-state index contributed by atoms with van der Waals surface area (Å²) in [6.07, 6.45) is 1.62. The molecule has 0 aliphatic rings. The van der Waals surface area contributed by atoms with Crippen LogP contribution >= 0.6 is 34.8 Å². The van der Waals surface area contributed by atoms with Gasteiger partial charge in [0.2, 0.25) is 0 Å². The second-order valence-electron chi connectivity index (χ2n) is 4.13. The number of H-pyrrole nitrogens is 1. The number of nitrogens with one attached hydrogen (secondary N) is 1. The molecule has 0 atom stereocenters. The van der Waals surface area contributed by atoms with Crippen LogP contribution in [0.25, 0.3) is 11.0 Å². The summed E-state index contributed by atoms with van der Waals surface area (Å²) in [6, 6.07) is 3.22. The average Bonchev–Trinajstić information content (AvgIpc) is 2.87. The van der Waals surface area contributed by atoms with Gasteiger partial charge in [0.05, 0.1) is 21.1 Å². The van der Waals surface area contributed by atoms with Gasteiger partial charge in [0.25, 0.3) is 0 Å². The number of nitrogens with zero attached hydrogens (tertiary/aromatic N) is 4. The van der Waals surface area contributed by atoms with Gasteiger partial charge in [0, 0.05) is 13.1 Å². The molecule has 5 nitrogen and oxygen atoms in total. The minimum Gasteiger partial charge on any atom is -0.331 e. The Morgan fingerprint density at radius 1 is 1.47 bits per heavy atom. The van der Waals surface area contributed by atoms with Gasteiger partial charge in [0.15, 0.2) is 10.6 Å². The third-order valence-corrected chi connectivity index (χ3v) is 3.91. The van der Waals surface area contributed by atoms with E-state index in [0.717, 1.165) is 11.0 Å². The third kappa shape index (κ3) is 2.29. The van der Waals surface area contributed by atoms with E-state index in [1.165, 1.54) is 6.07 Å². The molecule has 8 heteroatoms. The molecule has 0 bridgehead atoms. The first kappa shape index (κ1) is 12.7. The Morgan fingerprint density at radius 3 is 2.95 bits per heavy atom. The molecule has 0 saturated heterocycles. The Labute approximate surface area is 126 Å². The van der Waals surface area contributed by atoms with Gasteiger partial charge in [0.1, 0.15) is 12.1 Å². The zero-order valence-electron chi connectivity index (χ0n) is 9.89. The number of rotatable bonds is 2. The predicted molar refractivity (Wildman–Crippen MR) is 79.9 cm³/mol. The molecule has 19 heavy (non-hydrogen) atoms. The van der Waals surface area contributed by atoms with Gasteiger partial charge < -0.3 is 9.55 Å². The molecule has 0 unspecified atom stereocenters. The van der Waals surface area contributed by atoms with Gasteiger partial charge in [-0.05, 0) is 40.9 Å². The Hall–Kier alpha value is -1.29. The molecule has 0 spiro atoms. The lowest BCUT2D eigenvalue weighted by Crippen LogP contribution is -2.02. The fraction of sp³-hybridized carbons (Fsp3) is 0.182. The topological polar surface area (TPSA) is 51.4 Å². The molecule has 0 amide bonds. The lowest BCUT2D eigenvalue weighted by atomic mass is 10.3. The maximum absolute atomic E-state index is 13.7. The highest BCUT2D eigenvalue weighted by atomic mass is 127. The summed E-state index contributed by atoms with van der Waals surface area (Å²) in [5.41, 5.74) is 1.53. The van der Waals surface area contributed by atoms with Gasteiger partial charge in [-0.2, -0.15) is 5.10 Å². The number of imidazole rings is 1. The summed E-state index contributed by atoms with van der Waals surface area (Å²) in [5, 5.41) is 4.20. The van der Waals surface area contributed by atoms with Gasteiger partial charge in [-0.1, -0.05) is 0 Å². The number of aromatic nitrogens is 5. The van der Waals surface area contributed by atoms with Crippen LogP contribution in [0.2, 0.25) is 0 Å². The van der Waals surface area contributed by atoms with Gasteiger partial charge >= 0.3 is 0 Å². The molecule has 1 aromatic carbocycles. The third-order valence-electron chi connectivity index (χ3n) is 2.76. The van der Waals surface area contributed by atoms with E-state index >= 15 is 0 Å². The fourth-order valence-corrected chi connectivity index (χ4v) is 2.65. The van der Waals surface area contributed by atoms with Crippen LogP contribution in [0.4, 0.5) is 4.39 Å². The Kier molecular flexibility index (Phi) is 3.13. The van der Waals surface area contributed by atoms with Crippen molar-refractivity contribution in [1.82, 2.24) is 24.3 Å². The molecule has 0 saturated carbocycles. The van der Waals surface area contributed by atoms with E-state index in [4.69, 9.17) is 12.2 Å². The second-order valence-corrected chi connectivity index (χ2v) is 5.68. The first-order valence-corrected chi connectivity index (χ1v) is 6.95. The van der Waals surface area contributed by atoms with Crippen LogP contribution in [0.15, 0.2) is 18.5 Å². The summed E-state index contributed by atoms with van der Waals surface area (Å²) in [6.45, 7) is 0.416. The lowest BCUT2D eigenvalue weighted by molar-refractivity contribution is 0.620. The summed E-state index contributed by atoms with van der Waals surface area (Å²) in [7, 11) is 1.80. The Bertz CT molecular complexity index is 818. The second kappa shape index (κ2) is 4.67. The van der Waals surface area contributed by atoms with Crippen LogP contribution in [-0.4, -0.2) is 24.3 Å². The van der Waals surface area contributed by atoms with Crippen LogP contribution in [0.1, 0.15) is 5.82 Å². The number of fused-ring (bicyclic) bond motifs is 1. The van der Waals surface area contributed by atoms with Gasteiger partial charge in [-0.25, -0.2) is 9.37 Å². The number of benzene rings is 1. The molecule has 98 valence electrons. The van der Waals surface area contributed by atoms with Crippen LogP contribution in [0, 0.1) is 14.2 Å². The molecule has 0 aliphatic carbocycles. The SMILES string of the molecule is Cn1cnc(Cn2c(=S)[nH]c3cc(I)c(F)cc32)n1. The van der Waals surface area contributed by atoms with Crippen LogP contribution in [0.5, 0.6) is 0 Å². The van der Waals surface area contributed by atoms with Crippen molar-refractivity contribution in [2.75, 3.05) is 0 Å². The first-order valence-electron chi connectivity index (χ1n) is 5.46. The maximum atomic E-state index is 13.7. The smallest absolute Gasteiger partial charge is 0.178 e. The van der Waals surface area contributed by atoms with Crippen molar-refractivity contribution in [3.63, 3.8) is 0 Å². The van der Waals surface area contributed by atoms with Crippen LogP contribution < -0.4 is 0 Å². The number of aromatic amines is 1. The molecule has 3 rings (SSSR count). The molecule has 3 aromatic rings. The molecule has 2 heterocycles. The zero-order valence-corrected chi connectivity index (χ0v) is 12.9. The minimum atomic E-state index is -0.259. The number of hydrogen-bond acceptors (Lipinski definition) is 3. The highest BCUT2D eigenvalue weighted by Crippen LogP contribution is 2.21. The molecule has 0 fully saturated rings. The molecule has 1 N–H and O–H groups in total. The van der Waals surface area contributed by atoms with Crippen LogP contribution in [-0.2, 0) is 13.6 Å². The molecule has 2 aromatic heterocycles. The maximum Gasteiger partial charge on any atom is 0.178 e. The molecular formula is C11H9FIN5S. The van der Waals surface area contributed by atoms with Crippen molar-refractivity contribution in [3.8, 4) is 0 Å². The quantitative estimate of drug-likeness (QED) is 0.542. The van der Waals surface area contributed by atoms with E-state index in [0.29, 0.717) is 20.7 Å². The van der Waals surface area contributed by atoms with Gasteiger partial charge in [-0.15, -0.1) is 0 Å². The normalized spacial score (nSPS) is 11.3. The van der Waals surface area contributed by atoms with Crippen LogP contribution in [0.3, 0.4) is 0 Å². The Balaban J connectivity index is 2.15. The van der Waals surface area contributed by atoms with E-state index in [1.54, 1.807) is 28.7 Å². The van der Waals surface area contributed by atoms with Crippen molar-refractivity contribution in [2.24, 2.45) is 7.05 Å². The number of hydrogen-bond donors (Lipinski definition) is 1. The largest absolute Gasteiger partial charge is 0.331 e. The zero-order chi connectivity index (χ0) is 13.6. The van der Waals surface area contributed by atoms with E-state index in [2.05, 4.69) is 15.1 Å². The van der Waals surface area contributed by atoms with E-state index in [-0.39, 0.29) is 5.82 Å². The van der Waals surface area contributed by atoms with Crippen molar-refractivity contribution in [3.05, 3.63) is 38.4 Å². The highest BCUT2D eigenvalue weighted by Gasteiger charge is 2.10. The van der Waals surface area contributed by atoms with Crippen molar-refractivity contribution in [2.45, 2.75) is 6.54 Å². The standard InChI is InChI=1S/C11H9FIN5S/c1-17-5-14-10(16-17)4-18-9-2-6(12)7(13)3-8(9)15-11(18)19/h2-3,5H,4H2,1H3,(H,15,19). The minimum absolute atomic E-state index is 0.259. The highest BCUT2D eigenvalue weighted by molar-refractivity contribution is 14.1. The van der Waals surface area contributed by atoms with Crippen molar-refractivity contribution >= 4 is 45.8 Å². The van der Waals surface area contributed by atoms with E-state index in [9.17, 15) is 4.39 Å². The summed E-state index contributed by atoms with van der Waals surface area (Å²) >= 11 is 7.22. The average molecular weight is 389 g/mol. The predicted octanol–water partition coefficient (Wildman–Crippen LogP) is 2.62. The first-order chi connectivity index (χ1) is 9.04. The van der Waals surface area contributed by atoms with Crippen molar-refractivity contribution in [1.29, 1.82) is 0 Å². The monoisotopic (exact) mass is 389 g/mol. The molecule has 0 radical (unpaired) electrons. The van der Waals surface area contributed by atoms with E-state index in [1.807, 2.05) is 22.6 Å². The summed E-state index contributed by atoms with van der Waals surface area (Å²) < 4.78 is 18.2.